The second-order valence-corrected chi connectivity index (χ2v) is 4.95. The van der Waals surface area contributed by atoms with Gasteiger partial charge in [0, 0.05) is 25.0 Å². The summed E-state index contributed by atoms with van der Waals surface area (Å²) in [6.45, 7) is 0. The topological polar surface area (TPSA) is 33.2 Å². The lowest BCUT2D eigenvalue weighted by Crippen LogP contribution is -2.37. The van der Waals surface area contributed by atoms with E-state index in [9.17, 15) is 9.18 Å². The Bertz CT molecular complexity index is 376. The molecule has 5 heteroatoms. The molecule has 1 saturated heterocycles. The van der Waals surface area contributed by atoms with Crippen LogP contribution in [0.25, 0.3) is 0 Å². The summed E-state index contributed by atoms with van der Waals surface area (Å²) >= 11 is 1.86. The molecule has 0 aromatic carbocycles. The van der Waals surface area contributed by atoms with Gasteiger partial charge in [0.1, 0.15) is 0 Å². The summed E-state index contributed by atoms with van der Waals surface area (Å²) in [7, 11) is 1.79. The minimum absolute atomic E-state index is 0.0833. The van der Waals surface area contributed by atoms with Gasteiger partial charge in [-0.2, -0.15) is 16.2 Å². The number of aromatic nitrogens is 1. The lowest BCUT2D eigenvalue weighted by molar-refractivity contribution is 0.0747. The highest BCUT2D eigenvalue weighted by Gasteiger charge is 2.24. The van der Waals surface area contributed by atoms with Crippen LogP contribution in [0.2, 0.25) is 0 Å². The van der Waals surface area contributed by atoms with Gasteiger partial charge in [-0.05, 0) is 24.3 Å². The highest BCUT2D eigenvalue weighted by Crippen LogP contribution is 2.22. The predicted octanol–water partition coefficient (Wildman–Crippen LogP) is 1.80. The van der Waals surface area contributed by atoms with Gasteiger partial charge in [0.05, 0.1) is 5.56 Å². The third-order valence-corrected chi connectivity index (χ3v) is 3.89. The number of thioether (sulfide) groups is 1. The lowest BCUT2D eigenvalue weighted by atomic mass is 10.2. The summed E-state index contributed by atoms with van der Waals surface area (Å²) in [5.74, 6) is 1.44. The number of pyridine rings is 1. The maximum atomic E-state index is 12.6. The van der Waals surface area contributed by atoms with E-state index in [1.807, 2.05) is 11.8 Å². The number of nitrogens with zero attached hydrogens (tertiary/aromatic N) is 2. The zero-order valence-electron chi connectivity index (χ0n) is 9.02. The van der Waals surface area contributed by atoms with Crippen LogP contribution in [-0.2, 0) is 0 Å². The summed E-state index contributed by atoms with van der Waals surface area (Å²) in [5.41, 5.74) is 0.445. The molecule has 1 atom stereocenters. The first-order chi connectivity index (χ1) is 7.68. The van der Waals surface area contributed by atoms with Gasteiger partial charge >= 0.3 is 0 Å². The summed E-state index contributed by atoms with van der Waals surface area (Å²) in [6, 6.07) is 2.98. The zero-order chi connectivity index (χ0) is 11.5. The molecule has 2 rings (SSSR count). The number of rotatable bonds is 2. The van der Waals surface area contributed by atoms with E-state index in [4.69, 9.17) is 0 Å². The van der Waals surface area contributed by atoms with Crippen LogP contribution in [0.4, 0.5) is 4.39 Å². The third-order valence-electron chi connectivity index (χ3n) is 2.75. The van der Waals surface area contributed by atoms with Crippen molar-refractivity contribution in [3.8, 4) is 0 Å². The Morgan fingerprint density at radius 3 is 3.00 bits per heavy atom. The van der Waals surface area contributed by atoms with Crippen molar-refractivity contribution in [3.63, 3.8) is 0 Å². The minimum Gasteiger partial charge on any atom is -0.338 e. The molecule has 1 fully saturated rings. The highest BCUT2D eigenvalue weighted by atomic mass is 32.2. The van der Waals surface area contributed by atoms with Crippen LogP contribution in [0, 0.1) is 5.95 Å². The molecule has 16 heavy (non-hydrogen) atoms. The monoisotopic (exact) mass is 240 g/mol. The first kappa shape index (κ1) is 11.4. The number of hydrogen-bond donors (Lipinski definition) is 0. The zero-order valence-corrected chi connectivity index (χ0v) is 9.84. The lowest BCUT2D eigenvalue weighted by Gasteiger charge is -2.23. The molecule has 1 aromatic heterocycles. The number of amides is 1. The molecular weight excluding hydrogens is 227 g/mol. The largest absolute Gasteiger partial charge is 0.338 e. The normalized spacial score (nSPS) is 19.8. The van der Waals surface area contributed by atoms with E-state index in [1.165, 1.54) is 18.3 Å². The van der Waals surface area contributed by atoms with Crippen molar-refractivity contribution < 1.29 is 9.18 Å². The fourth-order valence-electron chi connectivity index (χ4n) is 1.70. The third kappa shape index (κ3) is 2.35. The molecule has 1 amide bonds. The molecule has 0 N–H and O–H groups in total. The van der Waals surface area contributed by atoms with Gasteiger partial charge in [-0.25, -0.2) is 4.98 Å². The molecule has 86 valence electrons. The van der Waals surface area contributed by atoms with Crippen molar-refractivity contribution in [1.29, 1.82) is 0 Å². The molecule has 3 nitrogen and oxygen atoms in total. The number of carbonyl (C=O) groups excluding carboxylic acids is 1. The Hall–Kier alpha value is -1.10. The Labute approximate surface area is 98.0 Å². The van der Waals surface area contributed by atoms with Gasteiger partial charge in [0.2, 0.25) is 5.95 Å². The van der Waals surface area contributed by atoms with Crippen LogP contribution in [0.5, 0.6) is 0 Å². The SMILES string of the molecule is CN(C(=O)c1ccc(F)nc1)C1CCSC1. The van der Waals surface area contributed by atoms with Crippen molar-refractivity contribution in [2.75, 3.05) is 18.6 Å². The average molecular weight is 240 g/mol. The molecule has 1 unspecified atom stereocenters. The van der Waals surface area contributed by atoms with E-state index in [1.54, 1.807) is 11.9 Å². The van der Waals surface area contributed by atoms with E-state index >= 15 is 0 Å². The first-order valence-corrected chi connectivity index (χ1v) is 6.30. The second kappa shape index (κ2) is 4.82. The Morgan fingerprint density at radius 1 is 1.62 bits per heavy atom. The predicted molar refractivity (Wildman–Crippen MR) is 62.0 cm³/mol. The van der Waals surface area contributed by atoms with E-state index < -0.39 is 5.95 Å². The van der Waals surface area contributed by atoms with Crippen LogP contribution in [0.3, 0.4) is 0 Å². The highest BCUT2D eigenvalue weighted by molar-refractivity contribution is 7.99. The summed E-state index contributed by atoms with van der Waals surface area (Å²) in [4.78, 5) is 17.2. The van der Waals surface area contributed by atoms with E-state index in [2.05, 4.69) is 4.98 Å². The van der Waals surface area contributed by atoms with Crippen LogP contribution in [0.15, 0.2) is 18.3 Å². The van der Waals surface area contributed by atoms with Crippen molar-refractivity contribution in [2.45, 2.75) is 12.5 Å². The van der Waals surface area contributed by atoms with Crippen molar-refractivity contribution in [1.82, 2.24) is 9.88 Å². The van der Waals surface area contributed by atoms with E-state index in [0.717, 1.165) is 17.9 Å². The molecule has 2 heterocycles. The maximum absolute atomic E-state index is 12.6. The van der Waals surface area contributed by atoms with E-state index in [-0.39, 0.29) is 5.91 Å². The van der Waals surface area contributed by atoms with Crippen LogP contribution in [0.1, 0.15) is 16.8 Å². The number of carbonyl (C=O) groups is 1. The minimum atomic E-state index is -0.560. The fraction of sp³-hybridized carbons (Fsp3) is 0.455. The Balaban J connectivity index is 2.08. The summed E-state index contributed by atoms with van der Waals surface area (Å²) in [6.07, 6.45) is 2.32. The molecule has 0 bridgehead atoms. The quantitative estimate of drug-likeness (QED) is 0.739. The second-order valence-electron chi connectivity index (χ2n) is 3.80. The van der Waals surface area contributed by atoms with Gasteiger partial charge in [-0.15, -0.1) is 0 Å². The van der Waals surface area contributed by atoms with Crippen LogP contribution in [-0.4, -0.2) is 40.4 Å². The summed E-state index contributed by atoms with van der Waals surface area (Å²) < 4.78 is 12.6. The molecule has 1 aliphatic rings. The standard InChI is InChI=1S/C11H13FN2OS/c1-14(9-4-5-16-7-9)11(15)8-2-3-10(12)13-6-8/h2-3,6,9H,4-5,7H2,1H3. The number of hydrogen-bond acceptors (Lipinski definition) is 3. The molecule has 1 aliphatic heterocycles. The van der Waals surface area contributed by atoms with Gasteiger partial charge in [0.15, 0.2) is 0 Å². The first-order valence-electron chi connectivity index (χ1n) is 5.15. The van der Waals surface area contributed by atoms with Crippen LogP contribution < -0.4 is 0 Å². The molecule has 0 aliphatic carbocycles. The molecule has 0 saturated carbocycles. The molecule has 1 aromatic rings. The van der Waals surface area contributed by atoms with Gasteiger partial charge < -0.3 is 4.90 Å². The number of halogens is 1. The van der Waals surface area contributed by atoms with Crippen LogP contribution >= 0.6 is 11.8 Å². The average Bonchev–Trinajstić information content (AvgIpc) is 2.81. The Kier molecular flexibility index (Phi) is 3.43. The van der Waals surface area contributed by atoms with Gasteiger partial charge in [0.25, 0.3) is 5.91 Å². The summed E-state index contributed by atoms with van der Waals surface area (Å²) in [5, 5.41) is 0. The van der Waals surface area contributed by atoms with Crippen molar-refractivity contribution in [2.24, 2.45) is 0 Å². The molecular formula is C11H13FN2OS. The van der Waals surface area contributed by atoms with Crippen molar-refractivity contribution in [3.05, 3.63) is 29.8 Å². The molecule has 0 spiro atoms. The van der Waals surface area contributed by atoms with Gasteiger partial charge in [-0.3, -0.25) is 4.79 Å². The smallest absolute Gasteiger partial charge is 0.255 e. The van der Waals surface area contributed by atoms with Gasteiger partial charge in [-0.1, -0.05) is 0 Å². The van der Waals surface area contributed by atoms with E-state index in [0.29, 0.717) is 11.6 Å². The maximum Gasteiger partial charge on any atom is 0.255 e. The van der Waals surface area contributed by atoms with Crippen molar-refractivity contribution >= 4 is 17.7 Å². The fourth-order valence-corrected chi connectivity index (χ4v) is 2.97. The Morgan fingerprint density at radius 2 is 2.44 bits per heavy atom. The molecule has 0 radical (unpaired) electrons.